The maximum Gasteiger partial charge on any atom is 0.179 e. The van der Waals surface area contributed by atoms with Crippen LogP contribution in [0.3, 0.4) is 0 Å². The first-order chi connectivity index (χ1) is 10.4. The molecule has 0 aromatic heterocycles. The maximum absolute atomic E-state index is 12.4. The Bertz CT molecular complexity index is 666. The van der Waals surface area contributed by atoms with E-state index in [1.165, 1.54) is 12.1 Å². The van der Waals surface area contributed by atoms with E-state index in [1.54, 1.807) is 12.1 Å². The molecule has 0 amide bonds. The molecule has 1 unspecified atom stereocenters. The molecule has 1 aliphatic rings. The second-order valence-corrected chi connectivity index (χ2v) is 8.42. The molecule has 0 aliphatic carbocycles. The molecule has 2 rings (SSSR count). The van der Waals surface area contributed by atoms with Crippen LogP contribution in [0.5, 0.6) is 0 Å². The Morgan fingerprint density at radius 2 is 2.23 bits per heavy atom. The minimum Gasteiger partial charge on any atom is -0.396 e. The van der Waals surface area contributed by atoms with Crippen molar-refractivity contribution in [2.24, 2.45) is 5.41 Å². The Kier molecular flexibility index (Phi) is 5.22. The highest BCUT2D eigenvalue weighted by Gasteiger charge is 2.30. The molecule has 120 valence electrons. The summed E-state index contributed by atoms with van der Waals surface area (Å²) >= 11 is 0. The number of hydrogen-bond donors (Lipinski definition) is 1. The topological polar surface area (TPSA) is 81.4 Å². The predicted octanol–water partition coefficient (Wildman–Crippen LogP) is 1.43. The molecule has 1 aromatic rings. The van der Waals surface area contributed by atoms with Gasteiger partial charge in [-0.05, 0) is 37.6 Å². The quantitative estimate of drug-likeness (QED) is 0.887. The lowest BCUT2D eigenvalue weighted by atomic mass is 9.83. The van der Waals surface area contributed by atoms with Crippen molar-refractivity contribution in [1.29, 1.82) is 5.26 Å². The van der Waals surface area contributed by atoms with Gasteiger partial charge < -0.3 is 10.0 Å². The molecule has 1 fully saturated rings. The van der Waals surface area contributed by atoms with Gasteiger partial charge in [0.15, 0.2) is 9.84 Å². The summed E-state index contributed by atoms with van der Waals surface area (Å²) in [5.41, 5.74) is 0.217. The first-order valence-electron chi connectivity index (χ1n) is 7.45. The van der Waals surface area contributed by atoms with E-state index in [0.717, 1.165) is 25.9 Å². The monoisotopic (exact) mass is 322 g/mol. The second kappa shape index (κ2) is 6.78. The van der Waals surface area contributed by atoms with Gasteiger partial charge in [0.05, 0.1) is 22.3 Å². The fourth-order valence-electron chi connectivity index (χ4n) is 2.87. The number of aliphatic hydroxyl groups is 1. The van der Waals surface area contributed by atoms with Crippen molar-refractivity contribution in [1.82, 2.24) is 4.90 Å². The molecule has 1 atom stereocenters. The lowest BCUT2D eigenvalue weighted by Gasteiger charge is -2.39. The van der Waals surface area contributed by atoms with Crippen LogP contribution in [0, 0.1) is 16.7 Å². The van der Waals surface area contributed by atoms with E-state index < -0.39 is 9.84 Å². The van der Waals surface area contributed by atoms with Crippen molar-refractivity contribution < 1.29 is 13.5 Å². The Balaban J connectivity index is 2.02. The summed E-state index contributed by atoms with van der Waals surface area (Å²) in [7, 11) is -3.39. The Morgan fingerprint density at radius 1 is 1.45 bits per heavy atom. The van der Waals surface area contributed by atoms with Gasteiger partial charge in [-0.25, -0.2) is 8.42 Å². The summed E-state index contributed by atoms with van der Waals surface area (Å²) in [6.07, 6.45) is 1.94. The van der Waals surface area contributed by atoms with Gasteiger partial charge in [0.25, 0.3) is 0 Å². The van der Waals surface area contributed by atoms with Crippen molar-refractivity contribution in [2.75, 3.05) is 32.0 Å². The average molecular weight is 322 g/mol. The summed E-state index contributed by atoms with van der Waals surface area (Å²) in [5.74, 6) is 0.0311. The van der Waals surface area contributed by atoms with E-state index >= 15 is 0 Å². The van der Waals surface area contributed by atoms with E-state index in [2.05, 4.69) is 4.90 Å². The molecule has 1 heterocycles. The molecular weight excluding hydrogens is 300 g/mol. The van der Waals surface area contributed by atoms with Gasteiger partial charge in [-0.1, -0.05) is 13.0 Å². The predicted molar refractivity (Wildman–Crippen MR) is 84.1 cm³/mol. The number of nitriles is 1. The SMILES string of the molecule is CC1(CO)CCCN(CCS(=O)(=O)c2cccc(C#N)c2)C1. The van der Waals surface area contributed by atoms with Crippen LogP contribution in [0.25, 0.3) is 0 Å². The third-order valence-electron chi connectivity index (χ3n) is 4.24. The first kappa shape index (κ1) is 16.9. The Morgan fingerprint density at radius 3 is 2.91 bits per heavy atom. The van der Waals surface area contributed by atoms with Crippen LogP contribution in [-0.2, 0) is 9.84 Å². The van der Waals surface area contributed by atoms with E-state index in [4.69, 9.17) is 5.26 Å². The van der Waals surface area contributed by atoms with Crippen LogP contribution in [0.4, 0.5) is 0 Å². The molecular formula is C16H22N2O3S. The Hall–Kier alpha value is -1.42. The summed E-state index contributed by atoms with van der Waals surface area (Å²) < 4.78 is 24.8. The van der Waals surface area contributed by atoms with Crippen molar-refractivity contribution in [3.63, 3.8) is 0 Å². The summed E-state index contributed by atoms with van der Waals surface area (Å²) in [4.78, 5) is 2.30. The molecule has 1 saturated heterocycles. The molecule has 1 N–H and O–H groups in total. The lowest BCUT2D eigenvalue weighted by molar-refractivity contribution is 0.0497. The van der Waals surface area contributed by atoms with Crippen LogP contribution in [0.1, 0.15) is 25.3 Å². The zero-order chi connectivity index (χ0) is 16.2. The number of hydrogen-bond acceptors (Lipinski definition) is 5. The normalized spacial score (nSPS) is 23.1. The molecule has 0 saturated carbocycles. The maximum atomic E-state index is 12.4. The standard InChI is InChI=1S/C16H22N2O3S/c1-16(13-19)6-3-7-18(12-16)8-9-22(20,21)15-5-2-4-14(10-15)11-17/h2,4-5,10,19H,3,6-9,12-13H2,1H3. The molecule has 1 aliphatic heterocycles. The number of aliphatic hydroxyl groups excluding tert-OH is 1. The number of nitrogens with zero attached hydrogens (tertiary/aromatic N) is 2. The van der Waals surface area contributed by atoms with Crippen molar-refractivity contribution in [3.05, 3.63) is 29.8 Å². The summed E-state index contributed by atoms with van der Waals surface area (Å²) in [6, 6.07) is 8.10. The van der Waals surface area contributed by atoms with Crippen molar-refractivity contribution >= 4 is 9.84 Å². The third kappa shape index (κ3) is 4.07. The lowest BCUT2D eigenvalue weighted by Crippen LogP contribution is -2.45. The van der Waals surface area contributed by atoms with E-state index in [-0.39, 0.29) is 22.7 Å². The van der Waals surface area contributed by atoms with E-state index in [1.807, 2.05) is 13.0 Å². The molecule has 0 spiro atoms. The highest BCUT2D eigenvalue weighted by atomic mass is 32.2. The zero-order valence-corrected chi connectivity index (χ0v) is 13.6. The largest absolute Gasteiger partial charge is 0.396 e. The minimum atomic E-state index is -3.39. The van der Waals surface area contributed by atoms with Crippen molar-refractivity contribution in [3.8, 4) is 6.07 Å². The first-order valence-corrected chi connectivity index (χ1v) is 9.10. The number of rotatable bonds is 5. The van der Waals surface area contributed by atoms with Gasteiger partial charge >= 0.3 is 0 Å². The fraction of sp³-hybridized carbons (Fsp3) is 0.562. The minimum absolute atomic E-state index is 0.0311. The van der Waals surface area contributed by atoms with Crippen LogP contribution in [0.2, 0.25) is 0 Å². The van der Waals surface area contributed by atoms with Gasteiger partial charge in [-0.15, -0.1) is 0 Å². The summed E-state index contributed by atoms with van der Waals surface area (Å²) in [5, 5.41) is 18.3. The molecule has 5 nitrogen and oxygen atoms in total. The average Bonchev–Trinajstić information content (AvgIpc) is 2.53. The molecule has 0 radical (unpaired) electrons. The smallest absolute Gasteiger partial charge is 0.179 e. The van der Waals surface area contributed by atoms with Gasteiger partial charge in [-0.3, -0.25) is 0 Å². The second-order valence-electron chi connectivity index (χ2n) is 6.31. The van der Waals surface area contributed by atoms with Crippen LogP contribution >= 0.6 is 0 Å². The summed E-state index contributed by atoms with van der Waals surface area (Å²) in [6.45, 7) is 4.19. The van der Waals surface area contributed by atoms with Crippen molar-refractivity contribution in [2.45, 2.75) is 24.7 Å². The highest BCUT2D eigenvalue weighted by Crippen LogP contribution is 2.28. The van der Waals surface area contributed by atoms with E-state index in [9.17, 15) is 13.5 Å². The third-order valence-corrected chi connectivity index (χ3v) is 5.93. The number of piperidine rings is 1. The van der Waals surface area contributed by atoms with Gasteiger partial charge in [-0.2, -0.15) is 5.26 Å². The molecule has 0 bridgehead atoms. The number of sulfone groups is 1. The van der Waals surface area contributed by atoms with Gasteiger partial charge in [0.2, 0.25) is 0 Å². The van der Waals surface area contributed by atoms with Crippen LogP contribution in [-0.4, -0.2) is 50.4 Å². The molecule has 6 heteroatoms. The van der Waals surface area contributed by atoms with E-state index in [0.29, 0.717) is 12.1 Å². The zero-order valence-electron chi connectivity index (χ0n) is 12.8. The Labute approximate surface area is 132 Å². The van der Waals surface area contributed by atoms with Gasteiger partial charge in [0, 0.05) is 25.1 Å². The number of likely N-dealkylation sites (tertiary alicyclic amines) is 1. The van der Waals surface area contributed by atoms with Crippen LogP contribution < -0.4 is 0 Å². The molecule has 22 heavy (non-hydrogen) atoms. The van der Waals surface area contributed by atoms with Gasteiger partial charge in [0.1, 0.15) is 0 Å². The molecule has 1 aromatic carbocycles. The highest BCUT2D eigenvalue weighted by molar-refractivity contribution is 7.91. The fourth-order valence-corrected chi connectivity index (χ4v) is 4.20. The van der Waals surface area contributed by atoms with Crippen LogP contribution in [0.15, 0.2) is 29.2 Å². The number of benzene rings is 1.